The van der Waals surface area contributed by atoms with Crippen molar-refractivity contribution >= 4 is 17.7 Å². The predicted octanol–water partition coefficient (Wildman–Crippen LogP) is 0.893. The van der Waals surface area contributed by atoms with Crippen LogP contribution in [0, 0.1) is 0 Å². The number of nitrogens with zero attached hydrogens (tertiary/aromatic N) is 1. The van der Waals surface area contributed by atoms with Crippen molar-refractivity contribution in [3.8, 4) is 0 Å². The van der Waals surface area contributed by atoms with E-state index < -0.39 is 18.1 Å². The highest BCUT2D eigenvalue weighted by atomic mass is 16.6. The normalized spacial score (nSPS) is 11.6. The highest BCUT2D eigenvalue weighted by Gasteiger charge is 2.20. The Morgan fingerprint density at radius 3 is 2.44 bits per heavy atom. The first kappa shape index (κ1) is 12.0. The molecule has 0 aromatic heterocycles. The number of rotatable bonds is 3. The van der Waals surface area contributed by atoms with Gasteiger partial charge in [-0.25, -0.2) is 4.79 Å². The minimum Gasteiger partial charge on any atom is -0.435 e. The van der Waals surface area contributed by atoms with Crippen LogP contribution < -0.4 is 10.8 Å². The summed E-state index contributed by atoms with van der Waals surface area (Å²) in [5.74, 6) is -0.783. The van der Waals surface area contributed by atoms with E-state index in [0.29, 0.717) is 5.06 Å². The van der Waals surface area contributed by atoms with E-state index in [4.69, 9.17) is 5.73 Å². The van der Waals surface area contributed by atoms with Gasteiger partial charge in [0.1, 0.15) is 0 Å². The van der Waals surface area contributed by atoms with Crippen LogP contribution in [-0.2, 0) is 9.53 Å². The molecule has 16 heavy (non-hydrogen) atoms. The largest absolute Gasteiger partial charge is 0.439 e. The van der Waals surface area contributed by atoms with Gasteiger partial charge in [-0.2, -0.15) is 5.06 Å². The summed E-state index contributed by atoms with van der Waals surface area (Å²) in [6.07, 6.45) is -2.15. The zero-order valence-corrected chi connectivity index (χ0v) is 8.66. The summed E-state index contributed by atoms with van der Waals surface area (Å²) in [5, 5.41) is 9.73. The Morgan fingerprint density at radius 2 is 1.94 bits per heavy atom. The highest BCUT2D eigenvalue weighted by molar-refractivity contribution is 5.88. The summed E-state index contributed by atoms with van der Waals surface area (Å²) < 4.78 is 4.59. The number of ether oxygens (including phenoxy) is 1. The van der Waals surface area contributed by atoms with E-state index in [1.54, 1.807) is 18.2 Å². The first-order valence-corrected chi connectivity index (χ1v) is 4.56. The molecule has 1 aromatic rings. The van der Waals surface area contributed by atoms with Crippen molar-refractivity contribution in [1.82, 2.24) is 0 Å². The summed E-state index contributed by atoms with van der Waals surface area (Å²) in [4.78, 5) is 21.9. The summed E-state index contributed by atoms with van der Waals surface area (Å²) >= 11 is 0. The quantitative estimate of drug-likeness (QED) is 0.589. The minimum absolute atomic E-state index is 0.240. The molecule has 6 heteroatoms. The number of hydrogen-bond acceptors (Lipinski definition) is 4. The lowest BCUT2D eigenvalue weighted by molar-refractivity contribution is -0.125. The summed E-state index contributed by atoms with van der Waals surface area (Å²) in [7, 11) is 0. The van der Waals surface area contributed by atoms with Crippen molar-refractivity contribution in [2.24, 2.45) is 5.73 Å². The van der Waals surface area contributed by atoms with Crippen LogP contribution in [-0.4, -0.2) is 23.3 Å². The average molecular weight is 224 g/mol. The number of primary amides is 1. The molecule has 86 valence electrons. The van der Waals surface area contributed by atoms with E-state index in [-0.39, 0.29) is 5.69 Å². The van der Waals surface area contributed by atoms with Gasteiger partial charge in [0.2, 0.25) is 0 Å². The standard InChI is InChI=1S/C10H12N2O4/c1-7(9(11)13)16-10(14)12(15)8-5-3-2-4-6-8/h2-7,15H,1H3,(H2,11,13). The molecule has 0 saturated carbocycles. The zero-order valence-electron chi connectivity index (χ0n) is 8.66. The molecule has 0 aliphatic rings. The number of amides is 2. The number of para-hydroxylation sites is 1. The van der Waals surface area contributed by atoms with Crippen LogP contribution in [0.2, 0.25) is 0 Å². The van der Waals surface area contributed by atoms with Gasteiger partial charge in [-0.1, -0.05) is 18.2 Å². The monoisotopic (exact) mass is 224 g/mol. The van der Waals surface area contributed by atoms with Gasteiger partial charge in [-0.05, 0) is 19.1 Å². The van der Waals surface area contributed by atoms with Crippen molar-refractivity contribution < 1.29 is 19.5 Å². The molecule has 1 atom stereocenters. The summed E-state index contributed by atoms with van der Waals surface area (Å²) in [6, 6.07) is 8.04. The van der Waals surface area contributed by atoms with Gasteiger partial charge >= 0.3 is 6.09 Å². The Kier molecular flexibility index (Phi) is 3.84. The average Bonchev–Trinajstić information content (AvgIpc) is 2.28. The van der Waals surface area contributed by atoms with Gasteiger partial charge in [0.25, 0.3) is 5.91 Å². The Labute approximate surface area is 92.2 Å². The van der Waals surface area contributed by atoms with Crippen molar-refractivity contribution in [1.29, 1.82) is 0 Å². The number of carbonyl (C=O) groups excluding carboxylic acids is 2. The maximum Gasteiger partial charge on any atom is 0.439 e. The summed E-state index contributed by atoms with van der Waals surface area (Å²) in [6.45, 7) is 1.32. The van der Waals surface area contributed by atoms with Crippen LogP contribution >= 0.6 is 0 Å². The summed E-state index contributed by atoms with van der Waals surface area (Å²) in [5.41, 5.74) is 5.15. The first-order chi connectivity index (χ1) is 7.52. The van der Waals surface area contributed by atoms with Crippen molar-refractivity contribution in [2.45, 2.75) is 13.0 Å². The lowest BCUT2D eigenvalue weighted by Crippen LogP contribution is -2.36. The predicted molar refractivity (Wildman–Crippen MR) is 55.8 cm³/mol. The van der Waals surface area contributed by atoms with Gasteiger partial charge < -0.3 is 10.5 Å². The highest BCUT2D eigenvalue weighted by Crippen LogP contribution is 2.12. The Balaban J connectivity index is 2.65. The SMILES string of the molecule is CC(OC(=O)N(O)c1ccccc1)C(N)=O. The van der Waals surface area contributed by atoms with E-state index in [2.05, 4.69) is 4.74 Å². The number of anilines is 1. The van der Waals surface area contributed by atoms with Crippen molar-refractivity contribution in [3.63, 3.8) is 0 Å². The third kappa shape index (κ3) is 2.96. The molecule has 0 saturated heterocycles. The van der Waals surface area contributed by atoms with Crippen LogP contribution in [0.1, 0.15) is 6.92 Å². The Hall–Kier alpha value is -2.08. The van der Waals surface area contributed by atoms with E-state index in [0.717, 1.165) is 0 Å². The molecule has 1 unspecified atom stereocenters. The van der Waals surface area contributed by atoms with E-state index in [9.17, 15) is 14.8 Å². The van der Waals surface area contributed by atoms with E-state index >= 15 is 0 Å². The molecule has 0 heterocycles. The molecular weight excluding hydrogens is 212 g/mol. The molecular formula is C10H12N2O4. The van der Waals surface area contributed by atoms with Crippen LogP contribution in [0.4, 0.5) is 10.5 Å². The second kappa shape index (κ2) is 5.13. The Bertz CT molecular complexity index is 380. The molecule has 0 bridgehead atoms. The second-order valence-corrected chi connectivity index (χ2v) is 3.08. The van der Waals surface area contributed by atoms with Crippen LogP contribution in [0.15, 0.2) is 30.3 Å². The molecule has 3 N–H and O–H groups in total. The van der Waals surface area contributed by atoms with Gasteiger partial charge in [0.05, 0.1) is 5.69 Å². The molecule has 1 aromatic carbocycles. The minimum atomic E-state index is -1.09. The van der Waals surface area contributed by atoms with Crippen LogP contribution in [0.5, 0.6) is 0 Å². The molecule has 6 nitrogen and oxygen atoms in total. The van der Waals surface area contributed by atoms with Crippen LogP contribution in [0.25, 0.3) is 0 Å². The molecule has 0 radical (unpaired) electrons. The smallest absolute Gasteiger partial charge is 0.435 e. The fraction of sp³-hybridized carbons (Fsp3) is 0.200. The number of benzene rings is 1. The third-order valence-electron chi connectivity index (χ3n) is 1.85. The first-order valence-electron chi connectivity index (χ1n) is 4.56. The van der Waals surface area contributed by atoms with Gasteiger partial charge in [0.15, 0.2) is 6.10 Å². The third-order valence-corrected chi connectivity index (χ3v) is 1.85. The van der Waals surface area contributed by atoms with Crippen molar-refractivity contribution in [2.75, 3.05) is 5.06 Å². The Morgan fingerprint density at radius 1 is 1.38 bits per heavy atom. The molecule has 0 aliphatic carbocycles. The number of hydroxylamine groups is 1. The van der Waals surface area contributed by atoms with Gasteiger partial charge in [-0.3, -0.25) is 10.0 Å². The second-order valence-electron chi connectivity index (χ2n) is 3.08. The number of hydrogen-bond donors (Lipinski definition) is 2. The molecule has 0 fully saturated rings. The molecule has 1 rings (SSSR count). The number of nitrogens with two attached hydrogens (primary N) is 1. The number of carbonyl (C=O) groups is 2. The molecule has 0 aliphatic heterocycles. The van der Waals surface area contributed by atoms with Crippen molar-refractivity contribution in [3.05, 3.63) is 30.3 Å². The fourth-order valence-corrected chi connectivity index (χ4v) is 0.934. The topological polar surface area (TPSA) is 92.9 Å². The van der Waals surface area contributed by atoms with E-state index in [1.807, 2.05) is 0 Å². The fourth-order valence-electron chi connectivity index (χ4n) is 0.934. The maximum atomic E-state index is 11.3. The maximum absolute atomic E-state index is 11.3. The lowest BCUT2D eigenvalue weighted by Gasteiger charge is -2.16. The zero-order chi connectivity index (χ0) is 12.1. The van der Waals surface area contributed by atoms with Crippen LogP contribution in [0.3, 0.4) is 0 Å². The van der Waals surface area contributed by atoms with E-state index in [1.165, 1.54) is 19.1 Å². The molecule has 2 amide bonds. The van der Waals surface area contributed by atoms with Gasteiger partial charge in [0, 0.05) is 0 Å². The van der Waals surface area contributed by atoms with Gasteiger partial charge in [-0.15, -0.1) is 0 Å². The lowest BCUT2D eigenvalue weighted by atomic mass is 10.3. The molecule has 0 spiro atoms.